The van der Waals surface area contributed by atoms with E-state index in [1.807, 2.05) is 36.4 Å². The molecule has 5 rings (SSSR count). The summed E-state index contributed by atoms with van der Waals surface area (Å²) in [6, 6.07) is 14.0. The monoisotopic (exact) mass is 460 g/mol. The van der Waals surface area contributed by atoms with E-state index in [9.17, 15) is 13.2 Å². The molecule has 2 heterocycles. The topological polar surface area (TPSA) is 66.5 Å². The molecule has 0 bridgehead atoms. The number of sulfonamides is 1. The number of amides is 1. The van der Waals surface area contributed by atoms with Crippen molar-refractivity contribution < 1.29 is 13.2 Å². The first-order chi connectivity index (χ1) is 14.4. The lowest BCUT2D eigenvalue weighted by Crippen LogP contribution is -2.34. The summed E-state index contributed by atoms with van der Waals surface area (Å²) in [4.78, 5) is 14.7. The maximum atomic E-state index is 12.5. The van der Waals surface area contributed by atoms with E-state index in [0.29, 0.717) is 19.4 Å². The predicted octanol–water partition coefficient (Wildman–Crippen LogP) is 4.66. The summed E-state index contributed by atoms with van der Waals surface area (Å²) >= 11 is 7.90. The van der Waals surface area contributed by atoms with Gasteiger partial charge in [-0.3, -0.25) is 9.52 Å². The van der Waals surface area contributed by atoms with Gasteiger partial charge in [-0.25, -0.2) is 8.42 Å². The molecule has 8 heteroatoms. The Bertz CT molecular complexity index is 1230. The van der Waals surface area contributed by atoms with Crippen LogP contribution in [0, 0.1) is 0 Å². The molecule has 1 aliphatic heterocycles. The van der Waals surface area contributed by atoms with Crippen molar-refractivity contribution in [1.82, 2.24) is 4.72 Å². The van der Waals surface area contributed by atoms with Gasteiger partial charge in [0.1, 0.15) is 0 Å². The minimum absolute atomic E-state index is 0.0379. The largest absolute Gasteiger partial charge is 0.366 e. The Hall–Kier alpha value is -2.09. The van der Waals surface area contributed by atoms with Crippen LogP contribution in [-0.4, -0.2) is 26.1 Å². The van der Waals surface area contributed by atoms with Crippen LogP contribution in [0.25, 0.3) is 10.1 Å². The first kappa shape index (κ1) is 19.8. The highest BCUT2D eigenvalue weighted by Gasteiger charge is 2.38. The van der Waals surface area contributed by atoms with E-state index in [1.54, 1.807) is 11.3 Å². The van der Waals surface area contributed by atoms with Crippen molar-refractivity contribution in [3.63, 3.8) is 0 Å². The van der Waals surface area contributed by atoms with Gasteiger partial charge in [0.15, 0.2) is 0 Å². The van der Waals surface area contributed by atoms with Crippen molar-refractivity contribution in [3.05, 3.63) is 64.0 Å². The van der Waals surface area contributed by atoms with Crippen molar-refractivity contribution in [3.8, 4) is 0 Å². The summed E-state index contributed by atoms with van der Waals surface area (Å²) in [5.41, 5.74) is 3.39. The van der Waals surface area contributed by atoms with Crippen molar-refractivity contribution >= 4 is 54.6 Å². The van der Waals surface area contributed by atoms with Crippen molar-refractivity contribution in [2.45, 2.75) is 37.0 Å². The summed E-state index contributed by atoms with van der Waals surface area (Å²) in [6.07, 6.45) is 1.44. The highest BCUT2D eigenvalue weighted by Crippen LogP contribution is 2.40. The number of benzene rings is 2. The third kappa shape index (κ3) is 3.82. The molecule has 1 aromatic heterocycles. The second-order valence-corrected chi connectivity index (χ2v) is 11.3. The maximum absolute atomic E-state index is 12.5. The minimum atomic E-state index is -3.51. The Morgan fingerprint density at radius 3 is 2.80 bits per heavy atom. The minimum Gasteiger partial charge on any atom is -0.366 e. The fourth-order valence-corrected chi connectivity index (χ4v) is 6.61. The van der Waals surface area contributed by atoms with Gasteiger partial charge in [-0.1, -0.05) is 29.8 Å². The zero-order valence-corrected chi connectivity index (χ0v) is 18.6. The van der Waals surface area contributed by atoms with E-state index in [0.717, 1.165) is 28.2 Å². The Labute approximate surface area is 184 Å². The number of para-hydroxylation sites is 1. The van der Waals surface area contributed by atoms with Crippen LogP contribution in [0.2, 0.25) is 5.02 Å². The number of nitrogens with one attached hydrogen (secondary N) is 1. The molecule has 2 aromatic carbocycles. The van der Waals surface area contributed by atoms with Crippen molar-refractivity contribution in [2.24, 2.45) is 0 Å². The van der Waals surface area contributed by atoms with E-state index in [1.165, 1.54) is 10.3 Å². The first-order valence-electron chi connectivity index (χ1n) is 9.94. The Balaban J connectivity index is 1.36. The fourth-order valence-electron chi connectivity index (χ4n) is 4.18. The van der Waals surface area contributed by atoms with Crippen LogP contribution in [-0.2, 0) is 21.4 Å². The molecule has 1 atom stereocenters. The fraction of sp³-hybridized carbons (Fsp3) is 0.318. The van der Waals surface area contributed by atoms with Gasteiger partial charge in [-0.05, 0) is 59.0 Å². The van der Waals surface area contributed by atoms with Gasteiger partial charge in [-0.15, -0.1) is 11.3 Å². The summed E-state index contributed by atoms with van der Waals surface area (Å²) in [5, 5.41) is 3.64. The quantitative estimate of drug-likeness (QED) is 0.581. The van der Waals surface area contributed by atoms with Crippen molar-refractivity contribution in [2.75, 3.05) is 11.4 Å². The zero-order valence-electron chi connectivity index (χ0n) is 16.2. The Kier molecular flexibility index (Phi) is 5.00. The second-order valence-electron chi connectivity index (χ2n) is 8.01. The predicted molar refractivity (Wildman–Crippen MR) is 122 cm³/mol. The van der Waals surface area contributed by atoms with Crippen LogP contribution in [0.3, 0.4) is 0 Å². The number of halogens is 1. The van der Waals surface area contributed by atoms with Crippen LogP contribution in [0.4, 0.5) is 5.69 Å². The van der Waals surface area contributed by atoms with Crippen LogP contribution >= 0.6 is 22.9 Å². The number of hydrogen-bond donors (Lipinski definition) is 1. The molecule has 0 saturated heterocycles. The molecule has 1 saturated carbocycles. The molecule has 30 heavy (non-hydrogen) atoms. The molecule has 1 fully saturated rings. The molecule has 1 N–H and O–H groups in total. The number of fused-ring (bicyclic) bond motifs is 2. The molecule has 1 amide bonds. The first-order valence-corrected chi connectivity index (χ1v) is 12.7. The highest BCUT2D eigenvalue weighted by molar-refractivity contribution is 7.90. The average molecular weight is 461 g/mol. The normalized spacial score (nSPS) is 18.6. The number of rotatable bonds is 6. The molecular formula is C22H21ClN2O3S2. The van der Waals surface area contributed by atoms with Gasteiger partial charge in [-0.2, -0.15) is 0 Å². The lowest BCUT2D eigenvalue weighted by atomic mass is 9.98. The van der Waals surface area contributed by atoms with Crippen LogP contribution in [0.5, 0.6) is 0 Å². The smallest absolute Gasteiger partial charge is 0.237 e. The number of nitrogens with zero attached hydrogens (tertiary/aromatic N) is 1. The standard InChI is InChI=1S/C22H21ClN2O3S2/c23-16-5-8-21-19(10-16)15(13-29-21)12-25-11-14(18-3-1-2-4-20(18)25)9-22(26)24-30(27,28)17-6-7-17/h1-5,8,10,13-14,17H,6-7,9,11-12H2,(H,24,26). The van der Waals surface area contributed by atoms with E-state index in [2.05, 4.69) is 21.1 Å². The Morgan fingerprint density at radius 2 is 2.00 bits per heavy atom. The zero-order chi connectivity index (χ0) is 20.9. The number of thiophene rings is 1. The third-order valence-corrected chi connectivity index (χ3v) is 8.89. The number of hydrogen-bond acceptors (Lipinski definition) is 5. The van der Waals surface area contributed by atoms with Gasteiger partial charge in [0.2, 0.25) is 15.9 Å². The molecular weight excluding hydrogens is 440 g/mol. The van der Waals surface area contributed by atoms with Gasteiger partial charge in [0.25, 0.3) is 0 Å². The van der Waals surface area contributed by atoms with Gasteiger partial charge in [0.05, 0.1) is 5.25 Å². The van der Waals surface area contributed by atoms with Gasteiger partial charge < -0.3 is 4.90 Å². The van der Waals surface area contributed by atoms with Crippen molar-refractivity contribution in [1.29, 1.82) is 0 Å². The molecule has 2 aliphatic rings. The van der Waals surface area contributed by atoms with Gasteiger partial charge >= 0.3 is 0 Å². The molecule has 1 aliphatic carbocycles. The number of carbonyl (C=O) groups excluding carboxylic acids is 1. The molecule has 5 nitrogen and oxygen atoms in total. The van der Waals surface area contributed by atoms with Crippen LogP contribution in [0.1, 0.15) is 36.3 Å². The third-order valence-electron chi connectivity index (χ3n) is 5.79. The maximum Gasteiger partial charge on any atom is 0.237 e. The van der Waals surface area contributed by atoms with E-state index < -0.39 is 21.2 Å². The summed E-state index contributed by atoms with van der Waals surface area (Å²) in [7, 11) is -3.51. The number of anilines is 1. The van der Waals surface area contributed by atoms with E-state index in [-0.39, 0.29) is 12.3 Å². The summed E-state index contributed by atoms with van der Waals surface area (Å²) < 4.78 is 27.7. The Morgan fingerprint density at radius 1 is 1.20 bits per heavy atom. The molecule has 156 valence electrons. The van der Waals surface area contributed by atoms with Gasteiger partial charge in [0, 0.05) is 40.8 Å². The second kappa shape index (κ2) is 7.55. The number of carbonyl (C=O) groups is 1. The summed E-state index contributed by atoms with van der Waals surface area (Å²) in [5.74, 6) is -0.458. The molecule has 3 aromatic rings. The average Bonchev–Trinajstić information content (AvgIpc) is 3.44. The van der Waals surface area contributed by atoms with E-state index in [4.69, 9.17) is 11.6 Å². The molecule has 1 unspecified atom stereocenters. The lowest BCUT2D eigenvalue weighted by molar-refractivity contribution is -0.119. The SMILES string of the molecule is O=C(CC1CN(Cc2csc3ccc(Cl)cc23)c2ccccc21)NS(=O)(=O)C1CC1. The molecule has 0 radical (unpaired) electrons. The molecule has 0 spiro atoms. The summed E-state index contributed by atoms with van der Waals surface area (Å²) in [6.45, 7) is 1.39. The van der Waals surface area contributed by atoms with E-state index >= 15 is 0 Å². The van der Waals surface area contributed by atoms with Crippen LogP contribution in [0.15, 0.2) is 47.8 Å². The van der Waals surface area contributed by atoms with Crippen LogP contribution < -0.4 is 9.62 Å². The lowest BCUT2D eigenvalue weighted by Gasteiger charge is -2.20. The highest BCUT2D eigenvalue weighted by atomic mass is 35.5.